The first kappa shape index (κ1) is 18.9. The van der Waals surface area contributed by atoms with Crippen LogP contribution in [0.2, 0.25) is 0 Å². The Kier molecular flexibility index (Phi) is 4.97. The lowest BCUT2D eigenvalue weighted by Gasteiger charge is -2.47. The molecule has 7 nitrogen and oxygen atoms in total. The van der Waals surface area contributed by atoms with E-state index in [1.807, 2.05) is 30.3 Å². The average molecular weight is 416 g/mol. The van der Waals surface area contributed by atoms with Crippen LogP contribution in [-0.4, -0.2) is 52.6 Å². The molecule has 2 fully saturated rings. The largest absolute Gasteiger partial charge is 0.507 e. The third-order valence-electron chi connectivity index (χ3n) is 5.36. The van der Waals surface area contributed by atoms with Gasteiger partial charge in [0.1, 0.15) is 35.1 Å². The molecule has 8 heteroatoms. The summed E-state index contributed by atoms with van der Waals surface area (Å²) in [7, 11) is 0. The van der Waals surface area contributed by atoms with Crippen LogP contribution in [0.3, 0.4) is 0 Å². The van der Waals surface area contributed by atoms with E-state index in [2.05, 4.69) is 0 Å². The minimum absolute atomic E-state index is 0.128. The fraction of sp³-hybridized carbons (Fsp3) is 0.381. The van der Waals surface area contributed by atoms with Crippen molar-refractivity contribution in [3.05, 3.63) is 65.2 Å². The van der Waals surface area contributed by atoms with Crippen molar-refractivity contribution in [2.75, 3.05) is 6.61 Å². The van der Waals surface area contributed by atoms with E-state index in [0.717, 1.165) is 5.56 Å². The Bertz CT molecular complexity index is 905. The zero-order chi connectivity index (χ0) is 20.0. The predicted molar refractivity (Wildman–Crippen MR) is 103 cm³/mol. The smallest absolute Gasteiger partial charge is 0.342 e. The van der Waals surface area contributed by atoms with E-state index in [9.17, 15) is 15.0 Å². The summed E-state index contributed by atoms with van der Waals surface area (Å²) in [6.45, 7) is 0.260. The summed E-state index contributed by atoms with van der Waals surface area (Å²) < 4.78 is 23.5. The van der Waals surface area contributed by atoms with Crippen molar-refractivity contribution in [2.24, 2.45) is 0 Å². The average Bonchev–Trinajstić information content (AvgIpc) is 2.73. The molecule has 0 amide bonds. The molecule has 0 spiro atoms. The number of aliphatic hydroxyl groups is 1. The molecule has 2 saturated heterocycles. The molecule has 0 saturated carbocycles. The Labute approximate surface area is 171 Å². The molecule has 29 heavy (non-hydrogen) atoms. The number of benzene rings is 2. The van der Waals surface area contributed by atoms with Gasteiger partial charge in [-0.2, -0.15) is 0 Å². The van der Waals surface area contributed by atoms with Crippen molar-refractivity contribution in [1.82, 2.24) is 0 Å². The number of esters is 1. The van der Waals surface area contributed by atoms with Gasteiger partial charge in [0.05, 0.1) is 6.61 Å². The van der Waals surface area contributed by atoms with Crippen molar-refractivity contribution < 1.29 is 34.0 Å². The highest BCUT2D eigenvalue weighted by Gasteiger charge is 2.52. The second-order valence-corrected chi connectivity index (χ2v) is 8.29. The van der Waals surface area contributed by atoms with Crippen LogP contribution in [-0.2, 0) is 24.7 Å². The van der Waals surface area contributed by atoms with Crippen molar-refractivity contribution in [3.63, 3.8) is 0 Å². The molecule has 0 bridgehead atoms. The van der Waals surface area contributed by atoms with Crippen molar-refractivity contribution in [3.8, 4) is 5.75 Å². The SMILES string of the molecule is O=C1O[C@@H]2[C@@H](O)[C@@H]3O[C@H](c4ccccc4)OC[C@H]3O[C@H]2SCc2cccc(O)c21. The fourth-order valence-corrected chi connectivity index (χ4v) is 5.11. The van der Waals surface area contributed by atoms with Crippen LogP contribution >= 0.6 is 11.8 Å². The number of hydrogen-bond donors (Lipinski definition) is 2. The monoisotopic (exact) mass is 416 g/mol. The normalized spacial score (nSPS) is 34.0. The van der Waals surface area contributed by atoms with Crippen molar-refractivity contribution in [1.29, 1.82) is 0 Å². The summed E-state index contributed by atoms with van der Waals surface area (Å²) >= 11 is 1.41. The third-order valence-corrected chi connectivity index (χ3v) is 6.55. The van der Waals surface area contributed by atoms with Crippen LogP contribution < -0.4 is 0 Å². The summed E-state index contributed by atoms with van der Waals surface area (Å²) in [6, 6.07) is 14.3. The van der Waals surface area contributed by atoms with E-state index in [1.54, 1.807) is 12.1 Å². The number of fused-ring (bicyclic) bond motifs is 3. The number of aromatic hydroxyl groups is 1. The molecule has 3 heterocycles. The van der Waals surface area contributed by atoms with Gasteiger partial charge in [0.15, 0.2) is 12.4 Å². The number of phenols is 1. The summed E-state index contributed by atoms with van der Waals surface area (Å²) in [5.41, 5.74) is 1.07. The molecule has 2 aromatic carbocycles. The summed E-state index contributed by atoms with van der Waals surface area (Å²) in [6.07, 6.45) is -3.81. The maximum Gasteiger partial charge on any atom is 0.342 e. The van der Waals surface area contributed by atoms with Gasteiger partial charge in [-0.3, -0.25) is 0 Å². The van der Waals surface area contributed by atoms with Gasteiger partial charge in [0, 0.05) is 11.3 Å². The fourth-order valence-electron chi connectivity index (χ4n) is 3.90. The number of phenolic OH excluding ortho intramolecular Hbond substituents is 1. The Hall–Kier alpha value is -2.10. The summed E-state index contributed by atoms with van der Waals surface area (Å²) in [4.78, 5) is 12.7. The van der Waals surface area contributed by atoms with E-state index >= 15 is 0 Å². The molecule has 6 atom stereocenters. The number of hydrogen-bond acceptors (Lipinski definition) is 8. The summed E-state index contributed by atoms with van der Waals surface area (Å²) in [5, 5.41) is 21.1. The van der Waals surface area contributed by atoms with E-state index < -0.39 is 42.1 Å². The number of ether oxygens (including phenoxy) is 4. The van der Waals surface area contributed by atoms with E-state index in [0.29, 0.717) is 11.3 Å². The van der Waals surface area contributed by atoms with Gasteiger partial charge in [-0.25, -0.2) is 4.79 Å². The third kappa shape index (κ3) is 3.41. The van der Waals surface area contributed by atoms with Crippen LogP contribution in [0.5, 0.6) is 5.75 Å². The second kappa shape index (κ2) is 7.62. The topological polar surface area (TPSA) is 94.5 Å². The minimum atomic E-state index is -1.09. The molecule has 3 aliphatic heterocycles. The van der Waals surface area contributed by atoms with Gasteiger partial charge in [-0.1, -0.05) is 42.5 Å². The van der Waals surface area contributed by atoms with Crippen LogP contribution in [0.1, 0.15) is 27.8 Å². The molecule has 152 valence electrons. The Balaban J connectivity index is 1.40. The number of rotatable bonds is 1. The van der Waals surface area contributed by atoms with Crippen molar-refractivity contribution >= 4 is 17.7 Å². The molecule has 0 aromatic heterocycles. The molecule has 2 aromatic rings. The van der Waals surface area contributed by atoms with E-state index in [1.165, 1.54) is 17.8 Å². The molecule has 2 N–H and O–H groups in total. The van der Waals surface area contributed by atoms with Gasteiger partial charge < -0.3 is 29.2 Å². The molecule has 0 aliphatic carbocycles. The van der Waals surface area contributed by atoms with E-state index in [4.69, 9.17) is 18.9 Å². The first-order chi connectivity index (χ1) is 14.1. The van der Waals surface area contributed by atoms with Crippen LogP contribution in [0.25, 0.3) is 0 Å². The van der Waals surface area contributed by atoms with Gasteiger partial charge in [0.2, 0.25) is 0 Å². The van der Waals surface area contributed by atoms with Crippen molar-refractivity contribution in [2.45, 2.75) is 41.9 Å². The number of thioether (sulfide) groups is 1. The Morgan fingerprint density at radius 3 is 2.66 bits per heavy atom. The zero-order valence-corrected chi connectivity index (χ0v) is 16.2. The lowest BCUT2D eigenvalue weighted by molar-refractivity contribution is -0.318. The Morgan fingerprint density at radius 1 is 1.00 bits per heavy atom. The molecule has 5 rings (SSSR count). The van der Waals surface area contributed by atoms with Crippen LogP contribution in [0, 0.1) is 0 Å². The molecule has 0 radical (unpaired) electrons. The quantitative estimate of drug-likeness (QED) is 0.685. The van der Waals surface area contributed by atoms with Gasteiger partial charge in [0.25, 0.3) is 0 Å². The maximum atomic E-state index is 12.7. The zero-order valence-electron chi connectivity index (χ0n) is 15.3. The van der Waals surface area contributed by atoms with Gasteiger partial charge >= 0.3 is 5.97 Å². The number of carbonyl (C=O) groups is 1. The lowest BCUT2D eigenvalue weighted by atomic mass is 9.98. The standard InChI is InChI=1S/C21H20O7S/c22-13-8-4-7-12-10-29-21-18(27-19(24)15(12)13)16(23)17-14(26-21)9-25-20(28-17)11-5-2-1-3-6-11/h1-8,14,16-18,20-23H,9-10H2/t14-,16+,17-,18-,20-,21+/m1/s1. The second-order valence-electron chi connectivity index (χ2n) is 7.20. The first-order valence-electron chi connectivity index (χ1n) is 9.41. The van der Waals surface area contributed by atoms with Gasteiger partial charge in [-0.15, -0.1) is 11.8 Å². The first-order valence-corrected chi connectivity index (χ1v) is 10.5. The lowest BCUT2D eigenvalue weighted by Crippen LogP contribution is -2.62. The molecule has 0 unspecified atom stereocenters. The highest BCUT2D eigenvalue weighted by Crippen LogP contribution is 2.41. The maximum absolute atomic E-state index is 12.7. The van der Waals surface area contributed by atoms with E-state index in [-0.39, 0.29) is 17.9 Å². The Morgan fingerprint density at radius 2 is 1.83 bits per heavy atom. The molecule has 3 aliphatic rings. The number of carbonyl (C=O) groups excluding carboxylic acids is 1. The predicted octanol–water partition coefficient (Wildman–Crippen LogP) is 2.36. The van der Waals surface area contributed by atoms with Gasteiger partial charge in [-0.05, 0) is 11.6 Å². The molecular weight excluding hydrogens is 396 g/mol. The summed E-state index contributed by atoms with van der Waals surface area (Å²) in [5.74, 6) is -0.373. The minimum Gasteiger partial charge on any atom is -0.507 e. The highest BCUT2D eigenvalue weighted by molar-refractivity contribution is 7.99. The highest BCUT2D eigenvalue weighted by atomic mass is 32.2. The number of aliphatic hydroxyl groups excluding tert-OH is 1. The molecular formula is C21H20O7S. The van der Waals surface area contributed by atoms with Crippen LogP contribution in [0.4, 0.5) is 0 Å². The van der Waals surface area contributed by atoms with Crippen LogP contribution in [0.15, 0.2) is 48.5 Å².